The van der Waals surface area contributed by atoms with Crippen LogP contribution in [0.15, 0.2) is 58.5 Å². The van der Waals surface area contributed by atoms with E-state index in [1.807, 2.05) is 11.8 Å². The van der Waals surface area contributed by atoms with Crippen LogP contribution in [0, 0.1) is 5.41 Å². The molecule has 0 saturated heterocycles. The topological polar surface area (TPSA) is 42.0 Å². The van der Waals surface area contributed by atoms with Crippen LogP contribution in [0.4, 0.5) is 17.1 Å². The molecule has 0 N–H and O–H groups in total. The van der Waals surface area contributed by atoms with Gasteiger partial charge in [0.1, 0.15) is 5.75 Å². The fourth-order valence-corrected chi connectivity index (χ4v) is 6.62. The molecule has 0 aromatic heterocycles. The lowest BCUT2D eigenvalue weighted by atomic mass is 9.79. The zero-order valence-electron chi connectivity index (χ0n) is 23.2. The number of anilines is 3. The summed E-state index contributed by atoms with van der Waals surface area (Å²) in [4.78, 5) is 18.5. The number of hydrogen-bond donors (Lipinski definition) is 0. The molecule has 0 bridgehead atoms. The predicted octanol–water partition coefficient (Wildman–Crippen LogP) is 8.15. The molecule has 2 aromatic rings. The summed E-state index contributed by atoms with van der Waals surface area (Å²) < 4.78 is 10.6. The second kappa shape index (κ2) is 14.1. The minimum absolute atomic E-state index is 0.237. The molecule has 0 saturated carbocycles. The molecule has 2 aromatic carbocycles. The fraction of sp³-hybridized carbons (Fsp3) is 0.500. The summed E-state index contributed by atoms with van der Waals surface area (Å²) in [5.41, 5.74) is 3.88. The Balaban J connectivity index is 2.08. The first-order valence-corrected chi connectivity index (χ1v) is 15.4. The molecule has 3 rings (SSSR count). The van der Waals surface area contributed by atoms with Crippen LogP contribution in [0.25, 0.3) is 0 Å². The molecule has 1 aliphatic heterocycles. The second-order valence-electron chi connectivity index (χ2n) is 9.91. The lowest BCUT2D eigenvalue weighted by Crippen LogP contribution is -2.36. The minimum Gasteiger partial charge on any atom is -0.466 e. The maximum absolute atomic E-state index is 11.5. The molecule has 7 heteroatoms. The maximum Gasteiger partial charge on any atom is 0.333 e. The molecule has 1 heterocycles. The Hall–Kier alpha value is -2.25. The van der Waals surface area contributed by atoms with Crippen LogP contribution >= 0.6 is 23.5 Å². The van der Waals surface area contributed by atoms with Gasteiger partial charge in [0.2, 0.25) is 0 Å². The molecule has 5 nitrogen and oxygen atoms in total. The first-order valence-electron chi connectivity index (χ1n) is 13.2. The minimum atomic E-state index is -0.432. The first kappa shape index (κ1) is 29.3. The van der Waals surface area contributed by atoms with E-state index in [9.17, 15) is 4.79 Å². The van der Waals surface area contributed by atoms with Crippen molar-refractivity contribution in [3.8, 4) is 5.75 Å². The number of ether oxygens (including phenoxy) is 2. The number of methoxy groups -OCH3 is 1. The van der Waals surface area contributed by atoms with Gasteiger partial charge in [0.25, 0.3) is 0 Å². The SMILES string of the molecule is CCCCC1(CCCC)CSc2cc(O/C=C/C(=O)OC)c(SC)cc2N(c2ccc(N(C)C)cc2)C1. The van der Waals surface area contributed by atoms with Crippen LogP contribution in [0.5, 0.6) is 5.75 Å². The lowest BCUT2D eigenvalue weighted by Gasteiger charge is -2.38. The van der Waals surface area contributed by atoms with Gasteiger partial charge in [0.05, 0.1) is 30.0 Å². The highest BCUT2D eigenvalue weighted by Crippen LogP contribution is 2.50. The molecule has 0 radical (unpaired) electrons. The Kier molecular flexibility index (Phi) is 11.1. The number of nitrogens with zero attached hydrogens (tertiary/aromatic N) is 2. The van der Waals surface area contributed by atoms with E-state index in [4.69, 9.17) is 9.47 Å². The van der Waals surface area contributed by atoms with E-state index in [1.54, 1.807) is 11.8 Å². The van der Waals surface area contributed by atoms with Gasteiger partial charge in [-0.3, -0.25) is 0 Å². The Bertz CT molecular complexity index is 1050. The average Bonchev–Trinajstić information content (AvgIpc) is 3.07. The maximum atomic E-state index is 11.5. The van der Waals surface area contributed by atoms with E-state index < -0.39 is 5.97 Å². The highest BCUT2D eigenvalue weighted by Gasteiger charge is 2.36. The number of unbranched alkanes of at least 4 members (excludes halogenated alkanes) is 2. The van der Waals surface area contributed by atoms with Crippen LogP contribution in [0.2, 0.25) is 0 Å². The van der Waals surface area contributed by atoms with Crippen LogP contribution in [-0.2, 0) is 9.53 Å². The molecular formula is C30H42N2O3S2. The van der Waals surface area contributed by atoms with Crippen molar-refractivity contribution in [3.63, 3.8) is 0 Å². The number of hydrogen-bond acceptors (Lipinski definition) is 7. The van der Waals surface area contributed by atoms with Gasteiger partial charge in [-0.25, -0.2) is 4.79 Å². The van der Waals surface area contributed by atoms with Crippen LogP contribution in [-0.4, -0.2) is 45.7 Å². The van der Waals surface area contributed by atoms with Gasteiger partial charge in [-0.15, -0.1) is 23.5 Å². The van der Waals surface area contributed by atoms with Crippen molar-refractivity contribution < 1.29 is 14.3 Å². The molecule has 202 valence electrons. The summed E-state index contributed by atoms with van der Waals surface area (Å²) in [6.45, 7) is 5.59. The van der Waals surface area contributed by atoms with Gasteiger partial charge in [0, 0.05) is 42.7 Å². The van der Waals surface area contributed by atoms with Gasteiger partial charge in [-0.2, -0.15) is 0 Å². The molecule has 0 spiro atoms. The largest absolute Gasteiger partial charge is 0.466 e. The number of thioether (sulfide) groups is 2. The number of fused-ring (bicyclic) bond motifs is 1. The Morgan fingerprint density at radius 1 is 1.14 bits per heavy atom. The number of esters is 1. The first-order chi connectivity index (χ1) is 17.9. The van der Waals surface area contributed by atoms with E-state index in [1.165, 1.54) is 79.9 Å². The number of benzene rings is 2. The third-order valence-electron chi connectivity index (χ3n) is 6.96. The Morgan fingerprint density at radius 3 is 2.38 bits per heavy atom. The van der Waals surface area contributed by atoms with Crippen LogP contribution in [0.3, 0.4) is 0 Å². The summed E-state index contributed by atoms with van der Waals surface area (Å²) in [6, 6.07) is 13.3. The molecule has 0 fully saturated rings. The summed E-state index contributed by atoms with van der Waals surface area (Å²) in [5.74, 6) is 1.41. The van der Waals surface area contributed by atoms with Crippen molar-refractivity contribution in [1.29, 1.82) is 0 Å². The number of carbonyl (C=O) groups excluding carboxylic acids is 1. The zero-order chi connectivity index (χ0) is 26.8. The third-order valence-corrected chi connectivity index (χ3v) is 9.12. The summed E-state index contributed by atoms with van der Waals surface area (Å²) in [7, 11) is 5.52. The molecule has 0 unspecified atom stereocenters. The molecule has 0 atom stereocenters. The van der Waals surface area contributed by atoms with Crippen LogP contribution in [0.1, 0.15) is 52.4 Å². The van der Waals surface area contributed by atoms with E-state index in [2.05, 4.69) is 80.4 Å². The van der Waals surface area contributed by atoms with Crippen molar-refractivity contribution in [2.24, 2.45) is 5.41 Å². The molecule has 0 amide bonds. The van der Waals surface area contributed by atoms with E-state index in [-0.39, 0.29) is 5.41 Å². The molecule has 37 heavy (non-hydrogen) atoms. The van der Waals surface area contributed by atoms with Gasteiger partial charge >= 0.3 is 5.97 Å². The lowest BCUT2D eigenvalue weighted by molar-refractivity contribution is -0.134. The standard InChI is InChI=1S/C30H42N2O3S2/c1-7-9-16-30(17-10-8-2)21-32(24-13-11-23(12-14-24)31(3)4)25-19-28(36-6)26(20-27(25)37-22-30)35-18-15-29(33)34-5/h11-15,18-20H,7-10,16-17,21-22H2,1-6H3/b18-15+. The van der Waals surface area contributed by atoms with Crippen molar-refractivity contribution in [1.82, 2.24) is 0 Å². The van der Waals surface area contributed by atoms with Gasteiger partial charge in [-0.05, 0) is 60.9 Å². The average molecular weight is 543 g/mol. The number of carbonyl (C=O) groups is 1. The Morgan fingerprint density at radius 2 is 1.81 bits per heavy atom. The normalized spacial score (nSPS) is 14.8. The van der Waals surface area contributed by atoms with Gasteiger partial charge in [0.15, 0.2) is 0 Å². The predicted molar refractivity (Wildman–Crippen MR) is 160 cm³/mol. The van der Waals surface area contributed by atoms with Crippen molar-refractivity contribution in [2.45, 2.75) is 62.2 Å². The monoisotopic (exact) mass is 542 g/mol. The second-order valence-corrected chi connectivity index (χ2v) is 11.8. The van der Waals surface area contributed by atoms with Gasteiger partial charge in [-0.1, -0.05) is 39.5 Å². The third kappa shape index (κ3) is 7.64. The quantitative estimate of drug-likeness (QED) is 0.116. The zero-order valence-corrected chi connectivity index (χ0v) is 24.8. The molecular weight excluding hydrogens is 500 g/mol. The molecule has 1 aliphatic rings. The molecule has 0 aliphatic carbocycles. The van der Waals surface area contributed by atoms with Crippen LogP contribution < -0.4 is 14.5 Å². The highest BCUT2D eigenvalue weighted by atomic mass is 32.2. The van der Waals surface area contributed by atoms with Gasteiger partial charge < -0.3 is 19.3 Å². The summed E-state index contributed by atoms with van der Waals surface area (Å²) >= 11 is 3.60. The Labute approximate surface area is 232 Å². The van der Waals surface area contributed by atoms with E-state index in [0.717, 1.165) is 22.9 Å². The van der Waals surface area contributed by atoms with Crippen molar-refractivity contribution in [2.75, 3.05) is 49.6 Å². The van der Waals surface area contributed by atoms with Crippen molar-refractivity contribution in [3.05, 3.63) is 48.7 Å². The summed E-state index contributed by atoms with van der Waals surface area (Å²) in [6.07, 6.45) is 12.2. The van der Waals surface area contributed by atoms with Crippen molar-refractivity contribution >= 4 is 46.6 Å². The highest BCUT2D eigenvalue weighted by molar-refractivity contribution is 7.99. The smallest absolute Gasteiger partial charge is 0.333 e. The van der Waals surface area contributed by atoms with E-state index in [0.29, 0.717) is 0 Å². The summed E-state index contributed by atoms with van der Waals surface area (Å²) in [5, 5.41) is 0. The number of rotatable bonds is 12. The van der Waals surface area contributed by atoms with E-state index >= 15 is 0 Å². The fourth-order valence-electron chi connectivity index (χ4n) is 4.73.